The van der Waals surface area contributed by atoms with Gasteiger partial charge in [-0.15, -0.1) is 11.8 Å². The van der Waals surface area contributed by atoms with Crippen LogP contribution >= 0.6 is 11.8 Å². The van der Waals surface area contributed by atoms with E-state index in [1.807, 2.05) is 31.2 Å². The molecule has 112 valence electrons. The van der Waals surface area contributed by atoms with E-state index in [4.69, 9.17) is 5.11 Å². The molecule has 0 saturated heterocycles. The number of para-hydroxylation sites is 2. The Balaban J connectivity index is 1.84. The third-order valence-corrected chi connectivity index (χ3v) is 3.88. The molecule has 0 fully saturated rings. The standard InChI is InChI=1S/C14H17N3O3S/c1-10-16-11-4-2-3-5-12(11)17(10)7-6-15-13(18)8-21-9-14(19)20/h2-5H,6-9H2,1H3,(H,15,18)(H,19,20). The van der Waals surface area contributed by atoms with Crippen LogP contribution in [-0.4, -0.2) is 44.6 Å². The number of carbonyl (C=O) groups is 2. The fraction of sp³-hybridized carbons (Fsp3) is 0.357. The molecule has 1 aromatic carbocycles. The van der Waals surface area contributed by atoms with Crippen LogP contribution in [0.1, 0.15) is 5.82 Å². The summed E-state index contributed by atoms with van der Waals surface area (Å²) in [7, 11) is 0. The van der Waals surface area contributed by atoms with Crippen molar-refractivity contribution >= 4 is 34.7 Å². The van der Waals surface area contributed by atoms with Crippen LogP contribution in [0.3, 0.4) is 0 Å². The van der Waals surface area contributed by atoms with Gasteiger partial charge in [-0.3, -0.25) is 9.59 Å². The molecular weight excluding hydrogens is 290 g/mol. The zero-order valence-corrected chi connectivity index (χ0v) is 12.5. The topological polar surface area (TPSA) is 84.2 Å². The average molecular weight is 307 g/mol. The van der Waals surface area contributed by atoms with E-state index in [1.165, 1.54) is 0 Å². The molecule has 7 heteroatoms. The number of aryl methyl sites for hydroxylation is 1. The van der Waals surface area contributed by atoms with Crippen molar-refractivity contribution < 1.29 is 14.7 Å². The normalized spacial score (nSPS) is 10.7. The van der Waals surface area contributed by atoms with Gasteiger partial charge < -0.3 is 15.0 Å². The summed E-state index contributed by atoms with van der Waals surface area (Å²) in [6.07, 6.45) is 0. The van der Waals surface area contributed by atoms with Crippen LogP contribution in [0.4, 0.5) is 0 Å². The first-order chi connectivity index (χ1) is 10.1. The molecule has 0 radical (unpaired) electrons. The fourth-order valence-electron chi connectivity index (χ4n) is 2.07. The number of thioether (sulfide) groups is 1. The Bertz CT molecular complexity index is 654. The zero-order valence-electron chi connectivity index (χ0n) is 11.7. The lowest BCUT2D eigenvalue weighted by Crippen LogP contribution is -2.29. The maximum Gasteiger partial charge on any atom is 0.313 e. The molecule has 1 heterocycles. The Morgan fingerprint density at radius 1 is 1.33 bits per heavy atom. The van der Waals surface area contributed by atoms with Crippen molar-refractivity contribution in [3.63, 3.8) is 0 Å². The number of carbonyl (C=O) groups excluding carboxylic acids is 1. The van der Waals surface area contributed by atoms with E-state index in [9.17, 15) is 9.59 Å². The summed E-state index contributed by atoms with van der Waals surface area (Å²) in [5.74, 6) is -0.0448. The molecule has 1 amide bonds. The predicted octanol–water partition coefficient (Wildman–Crippen LogP) is 1.28. The highest BCUT2D eigenvalue weighted by atomic mass is 32.2. The van der Waals surface area contributed by atoms with Crippen LogP contribution in [0.2, 0.25) is 0 Å². The lowest BCUT2D eigenvalue weighted by Gasteiger charge is -2.08. The van der Waals surface area contributed by atoms with E-state index in [0.29, 0.717) is 13.1 Å². The first kappa shape index (κ1) is 15.4. The predicted molar refractivity (Wildman–Crippen MR) is 82.4 cm³/mol. The van der Waals surface area contributed by atoms with Gasteiger partial charge in [0.05, 0.1) is 22.5 Å². The van der Waals surface area contributed by atoms with Crippen LogP contribution in [0.5, 0.6) is 0 Å². The third-order valence-electron chi connectivity index (χ3n) is 2.96. The summed E-state index contributed by atoms with van der Waals surface area (Å²) in [6, 6.07) is 7.86. The second kappa shape index (κ2) is 7.12. The molecule has 0 unspecified atom stereocenters. The largest absolute Gasteiger partial charge is 0.481 e. The highest BCUT2D eigenvalue weighted by Gasteiger charge is 2.07. The Hall–Kier alpha value is -2.02. The molecule has 0 aliphatic heterocycles. The number of fused-ring (bicyclic) bond motifs is 1. The Morgan fingerprint density at radius 3 is 2.86 bits per heavy atom. The van der Waals surface area contributed by atoms with Gasteiger partial charge in [-0.25, -0.2) is 4.98 Å². The molecule has 0 bridgehead atoms. The van der Waals surface area contributed by atoms with Gasteiger partial charge in [0.2, 0.25) is 5.91 Å². The van der Waals surface area contributed by atoms with E-state index >= 15 is 0 Å². The van der Waals surface area contributed by atoms with Gasteiger partial charge in [-0.05, 0) is 19.1 Å². The summed E-state index contributed by atoms with van der Waals surface area (Å²) >= 11 is 1.09. The molecule has 1 aromatic heterocycles. The van der Waals surface area contributed by atoms with Crippen molar-refractivity contribution in [2.24, 2.45) is 0 Å². The fourth-order valence-corrected chi connectivity index (χ4v) is 2.63. The molecule has 0 saturated carbocycles. The number of amides is 1. The van der Waals surface area contributed by atoms with Gasteiger partial charge >= 0.3 is 5.97 Å². The van der Waals surface area contributed by atoms with Crippen LogP contribution in [0.25, 0.3) is 11.0 Å². The number of carboxylic acids is 1. The van der Waals surface area contributed by atoms with Crippen molar-refractivity contribution in [1.29, 1.82) is 0 Å². The Labute approximate surface area is 126 Å². The minimum absolute atomic E-state index is 0.0569. The minimum Gasteiger partial charge on any atom is -0.481 e. The first-order valence-electron chi connectivity index (χ1n) is 6.56. The van der Waals surface area contributed by atoms with Crippen molar-refractivity contribution in [2.75, 3.05) is 18.1 Å². The van der Waals surface area contributed by atoms with Crippen LogP contribution in [0.15, 0.2) is 24.3 Å². The summed E-state index contributed by atoms with van der Waals surface area (Å²) in [5.41, 5.74) is 1.99. The highest BCUT2D eigenvalue weighted by molar-refractivity contribution is 8.00. The summed E-state index contributed by atoms with van der Waals surface area (Å²) in [6.45, 7) is 3.07. The molecular formula is C14H17N3O3S. The van der Waals surface area contributed by atoms with Gasteiger partial charge in [-0.2, -0.15) is 0 Å². The monoisotopic (exact) mass is 307 g/mol. The number of hydrogen-bond donors (Lipinski definition) is 2. The van der Waals surface area contributed by atoms with E-state index in [-0.39, 0.29) is 17.4 Å². The second-order valence-corrected chi connectivity index (χ2v) is 5.52. The SMILES string of the molecule is Cc1nc2ccccc2n1CCNC(=O)CSCC(=O)O. The maximum atomic E-state index is 11.6. The second-order valence-electron chi connectivity index (χ2n) is 4.54. The van der Waals surface area contributed by atoms with Gasteiger partial charge in [0.25, 0.3) is 0 Å². The number of nitrogens with one attached hydrogen (secondary N) is 1. The smallest absolute Gasteiger partial charge is 0.313 e. The molecule has 21 heavy (non-hydrogen) atoms. The summed E-state index contributed by atoms with van der Waals surface area (Å²) < 4.78 is 2.06. The van der Waals surface area contributed by atoms with Crippen molar-refractivity contribution in [3.8, 4) is 0 Å². The Kier molecular flexibility index (Phi) is 5.21. The van der Waals surface area contributed by atoms with Crippen LogP contribution < -0.4 is 5.32 Å². The van der Waals surface area contributed by atoms with Gasteiger partial charge in [-0.1, -0.05) is 12.1 Å². The lowest BCUT2D eigenvalue weighted by molar-refractivity contribution is -0.133. The van der Waals surface area contributed by atoms with Crippen LogP contribution in [-0.2, 0) is 16.1 Å². The number of nitrogens with zero attached hydrogens (tertiary/aromatic N) is 2. The molecule has 0 aliphatic carbocycles. The molecule has 0 spiro atoms. The maximum absolute atomic E-state index is 11.6. The quantitative estimate of drug-likeness (QED) is 0.805. The molecule has 2 N–H and O–H groups in total. The molecule has 0 aliphatic rings. The number of hydrogen-bond acceptors (Lipinski definition) is 4. The van der Waals surface area contributed by atoms with E-state index in [2.05, 4.69) is 14.9 Å². The van der Waals surface area contributed by atoms with Gasteiger partial charge in [0, 0.05) is 13.1 Å². The average Bonchev–Trinajstić information content (AvgIpc) is 2.75. The van der Waals surface area contributed by atoms with Crippen LogP contribution in [0, 0.1) is 6.92 Å². The number of aliphatic carboxylic acids is 1. The first-order valence-corrected chi connectivity index (χ1v) is 7.71. The molecule has 6 nitrogen and oxygen atoms in total. The van der Waals surface area contributed by atoms with Crippen molar-refractivity contribution in [1.82, 2.24) is 14.9 Å². The molecule has 0 atom stereocenters. The number of imidazole rings is 1. The molecule has 2 rings (SSSR count). The number of aromatic nitrogens is 2. The highest BCUT2D eigenvalue weighted by Crippen LogP contribution is 2.14. The minimum atomic E-state index is -0.909. The zero-order chi connectivity index (χ0) is 15.2. The van der Waals surface area contributed by atoms with E-state index < -0.39 is 5.97 Å². The number of benzene rings is 1. The molecule has 2 aromatic rings. The lowest BCUT2D eigenvalue weighted by atomic mass is 10.3. The Morgan fingerprint density at radius 2 is 2.10 bits per heavy atom. The van der Waals surface area contributed by atoms with Crippen molar-refractivity contribution in [2.45, 2.75) is 13.5 Å². The van der Waals surface area contributed by atoms with E-state index in [0.717, 1.165) is 28.6 Å². The van der Waals surface area contributed by atoms with E-state index in [1.54, 1.807) is 0 Å². The summed E-state index contributed by atoms with van der Waals surface area (Å²) in [4.78, 5) is 26.4. The third kappa shape index (κ3) is 4.22. The summed E-state index contributed by atoms with van der Waals surface area (Å²) in [5, 5.41) is 11.3. The van der Waals surface area contributed by atoms with Crippen molar-refractivity contribution in [3.05, 3.63) is 30.1 Å². The number of carboxylic acid groups (broad SMARTS) is 1. The van der Waals surface area contributed by atoms with Gasteiger partial charge in [0.1, 0.15) is 5.82 Å². The number of rotatable bonds is 7. The van der Waals surface area contributed by atoms with Gasteiger partial charge in [0.15, 0.2) is 0 Å².